The molecule has 1 aliphatic rings. The van der Waals surface area contributed by atoms with E-state index < -0.39 is 0 Å². The smallest absolute Gasteiger partial charge is 0.251 e. The number of nitrogens with two attached hydrogens (primary N) is 1. The zero-order valence-electron chi connectivity index (χ0n) is 12.1. The molecule has 1 fully saturated rings. The summed E-state index contributed by atoms with van der Waals surface area (Å²) < 4.78 is 0. The average molecular weight is 276 g/mol. The Bertz CT molecular complexity index is 443. The van der Waals surface area contributed by atoms with E-state index >= 15 is 0 Å². The molecular formula is C15H24N4O. The van der Waals surface area contributed by atoms with Crippen LogP contribution in [0.5, 0.6) is 0 Å². The first-order valence-electron chi connectivity index (χ1n) is 7.34. The standard InChI is InChI=1S/C15H24N4O/c1-12(11-19-6-2-3-7-19)10-18-15(20)13-4-5-17-14(8-13)9-16/h4-5,8,12H,2-3,6-7,9-11,16H2,1H3,(H,18,20). The maximum absolute atomic E-state index is 12.1. The van der Waals surface area contributed by atoms with Gasteiger partial charge in [-0.25, -0.2) is 0 Å². The molecule has 1 amide bonds. The molecule has 1 aromatic heterocycles. The third kappa shape index (κ3) is 4.28. The van der Waals surface area contributed by atoms with Crippen LogP contribution in [-0.4, -0.2) is 42.0 Å². The molecule has 0 aromatic carbocycles. The van der Waals surface area contributed by atoms with Gasteiger partial charge >= 0.3 is 0 Å². The Kier molecular flexibility index (Phi) is 5.49. The third-order valence-corrected chi connectivity index (χ3v) is 3.67. The summed E-state index contributed by atoms with van der Waals surface area (Å²) in [4.78, 5) is 18.6. The second kappa shape index (κ2) is 7.36. The number of rotatable bonds is 6. The average Bonchev–Trinajstić information content (AvgIpc) is 2.97. The van der Waals surface area contributed by atoms with Crippen molar-refractivity contribution in [3.8, 4) is 0 Å². The Hall–Kier alpha value is -1.46. The minimum absolute atomic E-state index is 0.0460. The van der Waals surface area contributed by atoms with E-state index in [1.165, 1.54) is 25.9 Å². The zero-order chi connectivity index (χ0) is 14.4. The third-order valence-electron chi connectivity index (χ3n) is 3.67. The van der Waals surface area contributed by atoms with E-state index in [2.05, 4.69) is 22.1 Å². The fourth-order valence-corrected chi connectivity index (χ4v) is 2.57. The molecule has 0 bridgehead atoms. The van der Waals surface area contributed by atoms with Gasteiger partial charge in [0, 0.05) is 31.4 Å². The Labute approximate surface area is 120 Å². The predicted octanol–water partition coefficient (Wildman–Crippen LogP) is 1.00. The summed E-state index contributed by atoms with van der Waals surface area (Å²) in [6.07, 6.45) is 4.24. The summed E-state index contributed by atoms with van der Waals surface area (Å²) in [5.41, 5.74) is 6.90. The highest BCUT2D eigenvalue weighted by Crippen LogP contribution is 2.10. The van der Waals surface area contributed by atoms with Crippen LogP contribution in [0.25, 0.3) is 0 Å². The van der Waals surface area contributed by atoms with Crippen LogP contribution in [-0.2, 0) is 6.54 Å². The molecule has 2 heterocycles. The Morgan fingerprint density at radius 2 is 2.25 bits per heavy atom. The Balaban J connectivity index is 1.78. The van der Waals surface area contributed by atoms with Gasteiger partial charge in [-0.2, -0.15) is 0 Å². The molecule has 1 aliphatic heterocycles. The van der Waals surface area contributed by atoms with Crippen molar-refractivity contribution in [2.24, 2.45) is 11.7 Å². The molecule has 0 radical (unpaired) electrons. The van der Waals surface area contributed by atoms with Gasteiger partial charge in [0.2, 0.25) is 0 Å². The van der Waals surface area contributed by atoms with Gasteiger partial charge in [-0.1, -0.05) is 6.92 Å². The molecule has 5 heteroatoms. The van der Waals surface area contributed by atoms with Gasteiger partial charge in [-0.15, -0.1) is 0 Å². The molecule has 20 heavy (non-hydrogen) atoms. The monoisotopic (exact) mass is 276 g/mol. The highest BCUT2D eigenvalue weighted by Gasteiger charge is 2.15. The first-order valence-corrected chi connectivity index (χ1v) is 7.34. The number of carbonyl (C=O) groups is 1. The highest BCUT2D eigenvalue weighted by molar-refractivity contribution is 5.94. The number of hydrogen-bond donors (Lipinski definition) is 2. The van der Waals surface area contributed by atoms with Crippen molar-refractivity contribution in [2.75, 3.05) is 26.2 Å². The summed E-state index contributed by atoms with van der Waals surface area (Å²) in [5, 5.41) is 2.99. The predicted molar refractivity (Wildman–Crippen MR) is 79.3 cm³/mol. The van der Waals surface area contributed by atoms with Crippen LogP contribution in [0.1, 0.15) is 35.8 Å². The second-order valence-electron chi connectivity index (χ2n) is 5.56. The first-order chi connectivity index (χ1) is 9.69. The summed E-state index contributed by atoms with van der Waals surface area (Å²) in [7, 11) is 0. The van der Waals surface area contributed by atoms with Crippen molar-refractivity contribution >= 4 is 5.91 Å². The van der Waals surface area contributed by atoms with Gasteiger partial charge in [0.25, 0.3) is 5.91 Å². The van der Waals surface area contributed by atoms with E-state index in [4.69, 9.17) is 5.73 Å². The molecule has 1 unspecified atom stereocenters. The number of aromatic nitrogens is 1. The lowest BCUT2D eigenvalue weighted by Gasteiger charge is -2.20. The van der Waals surface area contributed by atoms with E-state index in [0.717, 1.165) is 12.2 Å². The highest BCUT2D eigenvalue weighted by atomic mass is 16.1. The van der Waals surface area contributed by atoms with Gasteiger partial charge in [0.15, 0.2) is 0 Å². The van der Waals surface area contributed by atoms with E-state index in [1.54, 1.807) is 18.3 Å². The summed E-state index contributed by atoms with van der Waals surface area (Å²) >= 11 is 0. The molecule has 110 valence electrons. The lowest BCUT2D eigenvalue weighted by atomic mass is 10.1. The fourth-order valence-electron chi connectivity index (χ4n) is 2.57. The number of nitrogens with one attached hydrogen (secondary N) is 1. The van der Waals surface area contributed by atoms with Crippen LogP contribution in [0.3, 0.4) is 0 Å². The molecule has 1 saturated heterocycles. The van der Waals surface area contributed by atoms with Gasteiger partial charge < -0.3 is 16.0 Å². The molecule has 1 atom stereocenters. The number of likely N-dealkylation sites (tertiary alicyclic amines) is 1. The van der Waals surface area contributed by atoms with Gasteiger partial charge in [0.1, 0.15) is 0 Å². The van der Waals surface area contributed by atoms with Crippen LogP contribution in [0.2, 0.25) is 0 Å². The van der Waals surface area contributed by atoms with Crippen LogP contribution < -0.4 is 11.1 Å². The minimum Gasteiger partial charge on any atom is -0.352 e. The molecule has 0 saturated carbocycles. The summed E-state index contributed by atoms with van der Waals surface area (Å²) in [5.74, 6) is 0.420. The number of hydrogen-bond acceptors (Lipinski definition) is 4. The van der Waals surface area contributed by atoms with Crippen LogP contribution in [0.4, 0.5) is 0 Å². The quantitative estimate of drug-likeness (QED) is 0.813. The first kappa shape index (κ1) is 14.9. The van der Waals surface area contributed by atoms with Crippen molar-refractivity contribution in [1.29, 1.82) is 0 Å². The largest absolute Gasteiger partial charge is 0.352 e. The van der Waals surface area contributed by atoms with Crippen molar-refractivity contribution in [2.45, 2.75) is 26.3 Å². The van der Waals surface area contributed by atoms with Crippen molar-refractivity contribution < 1.29 is 4.79 Å². The van der Waals surface area contributed by atoms with Gasteiger partial charge in [-0.3, -0.25) is 9.78 Å². The molecule has 1 aromatic rings. The van der Waals surface area contributed by atoms with E-state index in [9.17, 15) is 4.79 Å². The number of amides is 1. The number of nitrogens with zero attached hydrogens (tertiary/aromatic N) is 2. The molecular weight excluding hydrogens is 252 g/mol. The van der Waals surface area contributed by atoms with Crippen molar-refractivity contribution in [1.82, 2.24) is 15.2 Å². The SMILES string of the molecule is CC(CNC(=O)c1ccnc(CN)c1)CN1CCCC1. The summed E-state index contributed by atoms with van der Waals surface area (Å²) in [6, 6.07) is 3.47. The van der Waals surface area contributed by atoms with Crippen LogP contribution >= 0.6 is 0 Å². The maximum Gasteiger partial charge on any atom is 0.251 e. The van der Waals surface area contributed by atoms with Crippen LogP contribution in [0.15, 0.2) is 18.3 Å². The van der Waals surface area contributed by atoms with Crippen molar-refractivity contribution in [3.05, 3.63) is 29.6 Å². The van der Waals surface area contributed by atoms with E-state index in [-0.39, 0.29) is 5.91 Å². The van der Waals surface area contributed by atoms with Crippen molar-refractivity contribution in [3.63, 3.8) is 0 Å². The van der Waals surface area contributed by atoms with Gasteiger partial charge in [0.05, 0.1) is 5.69 Å². The zero-order valence-corrected chi connectivity index (χ0v) is 12.1. The van der Waals surface area contributed by atoms with E-state index in [1.807, 2.05) is 0 Å². The Morgan fingerprint density at radius 3 is 2.95 bits per heavy atom. The maximum atomic E-state index is 12.1. The lowest BCUT2D eigenvalue weighted by molar-refractivity contribution is 0.0945. The van der Waals surface area contributed by atoms with Crippen LogP contribution in [0, 0.1) is 5.92 Å². The molecule has 5 nitrogen and oxygen atoms in total. The second-order valence-corrected chi connectivity index (χ2v) is 5.56. The summed E-state index contributed by atoms with van der Waals surface area (Å²) in [6.45, 7) is 6.69. The number of pyridine rings is 1. The Morgan fingerprint density at radius 1 is 1.50 bits per heavy atom. The molecule has 0 aliphatic carbocycles. The molecule has 0 spiro atoms. The topological polar surface area (TPSA) is 71.2 Å². The van der Waals surface area contributed by atoms with E-state index in [0.29, 0.717) is 24.6 Å². The molecule has 3 N–H and O–H groups in total. The minimum atomic E-state index is -0.0460. The lowest BCUT2D eigenvalue weighted by Crippen LogP contribution is -2.34. The van der Waals surface area contributed by atoms with Gasteiger partial charge in [-0.05, 0) is 44.0 Å². The molecule has 2 rings (SSSR count). The normalized spacial score (nSPS) is 17.1. The fraction of sp³-hybridized carbons (Fsp3) is 0.600. The number of carbonyl (C=O) groups excluding carboxylic acids is 1.